The molecule has 0 unspecified atom stereocenters. The van der Waals surface area contributed by atoms with E-state index in [-0.39, 0.29) is 18.9 Å². The SMILES string of the molecule is CCN1CCC2(CC1)OC[C@@H](C(=O)O)N2C(=O)Cc1ccc(OC)cc1. The number of hydrogen-bond donors (Lipinski definition) is 1. The summed E-state index contributed by atoms with van der Waals surface area (Å²) in [5, 5.41) is 9.58. The monoisotopic (exact) mass is 362 g/mol. The third-order valence-electron chi connectivity index (χ3n) is 5.41. The first-order valence-electron chi connectivity index (χ1n) is 9.03. The van der Waals surface area contributed by atoms with E-state index in [0.29, 0.717) is 12.8 Å². The van der Waals surface area contributed by atoms with Crippen LogP contribution >= 0.6 is 0 Å². The summed E-state index contributed by atoms with van der Waals surface area (Å²) in [5.74, 6) is -0.495. The van der Waals surface area contributed by atoms with Crippen molar-refractivity contribution in [3.8, 4) is 5.75 Å². The molecule has 26 heavy (non-hydrogen) atoms. The van der Waals surface area contributed by atoms with Crippen molar-refractivity contribution in [1.29, 1.82) is 0 Å². The number of carboxylic acid groups (broad SMARTS) is 1. The van der Waals surface area contributed by atoms with Gasteiger partial charge in [-0.3, -0.25) is 9.69 Å². The first-order valence-corrected chi connectivity index (χ1v) is 9.03. The molecule has 0 aliphatic carbocycles. The van der Waals surface area contributed by atoms with Gasteiger partial charge in [0.2, 0.25) is 5.91 Å². The summed E-state index contributed by atoms with van der Waals surface area (Å²) < 4.78 is 11.1. The molecule has 1 atom stereocenters. The van der Waals surface area contributed by atoms with Gasteiger partial charge >= 0.3 is 5.97 Å². The Hall–Kier alpha value is -2.12. The summed E-state index contributed by atoms with van der Waals surface area (Å²) >= 11 is 0. The van der Waals surface area contributed by atoms with Crippen LogP contribution in [0.1, 0.15) is 25.3 Å². The molecular formula is C19H26N2O5. The number of likely N-dealkylation sites (tertiary alicyclic amines) is 1. The van der Waals surface area contributed by atoms with Crippen molar-refractivity contribution in [2.24, 2.45) is 0 Å². The van der Waals surface area contributed by atoms with Gasteiger partial charge in [-0.2, -0.15) is 0 Å². The molecule has 2 aliphatic heterocycles. The van der Waals surface area contributed by atoms with Crippen molar-refractivity contribution in [2.75, 3.05) is 33.4 Å². The Morgan fingerprint density at radius 1 is 1.27 bits per heavy atom. The van der Waals surface area contributed by atoms with E-state index in [1.807, 2.05) is 12.1 Å². The minimum absolute atomic E-state index is 0.0514. The zero-order valence-corrected chi connectivity index (χ0v) is 15.3. The minimum Gasteiger partial charge on any atom is -0.497 e. The maximum atomic E-state index is 13.0. The van der Waals surface area contributed by atoms with Gasteiger partial charge in [-0.25, -0.2) is 4.79 Å². The Kier molecular flexibility index (Phi) is 5.48. The van der Waals surface area contributed by atoms with Crippen LogP contribution in [0.15, 0.2) is 24.3 Å². The number of hydrogen-bond acceptors (Lipinski definition) is 5. The maximum absolute atomic E-state index is 13.0. The molecule has 1 amide bonds. The van der Waals surface area contributed by atoms with Gasteiger partial charge in [0.25, 0.3) is 0 Å². The fourth-order valence-electron chi connectivity index (χ4n) is 3.85. The second-order valence-corrected chi connectivity index (χ2v) is 6.83. The Morgan fingerprint density at radius 2 is 1.92 bits per heavy atom. The Morgan fingerprint density at radius 3 is 2.46 bits per heavy atom. The van der Waals surface area contributed by atoms with Crippen molar-refractivity contribution in [3.63, 3.8) is 0 Å². The van der Waals surface area contributed by atoms with Crippen LogP contribution in [0.5, 0.6) is 5.75 Å². The van der Waals surface area contributed by atoms with Gasteiger partial charge < -0.3 is 19.5 Å². The Balaban J connectivity index is 1.79. The zero-order valence-electron chi connectivity index (χ0n) is 15.3. The van der Waals surface area contributed by atoms with Crippen LogP contribution in [0.4, 0.5) is 0 Å². The van der Waals surface area contributed by atoms with E-state index in [1.165, 1.54) is 4.90 Å². The topological polar surface area (TPSA) is 79.3 Å². The van der Waals surface area contributed by atoms with Crippen molar-refractivity contribution in [2.45, 2.75) is 38.0 Å². The molecule has 0 saturated carbocycles. The van der Waals surface area contributed by atoms with E-state index >= 15 is 0 Å². The molecule has 2 aliphatic rings. The van der Waals surface area contributed by atoms with Gasteiger partial charge in [0.05, 0.1) is 20.1 Å². The smallest absolute Gasteiger partial charge is 0.328 e. The minimum atomic E-state index is -1.01. The molecule has 3 rings (SSSR count). The van der Waals surface area contributed by atoms with Crippen LogP contribution < -0.4 is 4.74 Å². The number of methoxy groups -OCH3 is 1. The number of carbonyl (C=O) groups excluding carboxylic acids is 1. The van der Waals surface area contributed by atoms with E-state index in [4.69, 9.17) is 9.47 Å². The average Bonchev–Trinajstić information content (AvgIpc) is 3.02. The number of aliphatic carboxylic acids is 1. The number of amides is 1. The number of piperidine rings is 1. The molecule has 1 spiro atoms. The number of carboxylic acids is 1. The molecule has 0 bridgehead atoms. The van der Waals surface area contributed by atoms with E-state index in [2.05, 4.69) is 11.8 Å². The van der Waals surface area contributed by atoms with E-state index in [9.17, 15) is 14.7 Å². The van der Waals surface area contributed by atoms with E-state index in [1.54, 1.807) is 19.2 Å². The predicted octanol–water partition coefficient (Wildman–Crippen LogP) is 1.36. The maximum Gasteiger partial charge on any atom is 0.328 e. The summed E-state index contributed by atoms with van der Waals surface area (Å²) in [7, 11) is 1.59. The molecular weight excluding hydrogens is 336 g/mol. The molecule has 2 saturated heterocycles. The summed E-state index contributed by atoms with van der Waals surface area (Å²) in [5.41, 5.74) is 0.0335. The molecule has 1 N–H and O–H groups in total. The third kappa shape index (κ3) is 3.54. The lowest BCUT2D eigenvalue weighted by molar-refractivity contribution is -0.165. The lowest BCUT2D eigenvalue weighted by Gasteiger charge is -2.44. The first kappa shape index (κ1) is 18.7. The molecule has 1 aromatic carbocycles. The standard InChI is InChI=1S/C19H26N2O5/c1-3-20-10-8-19(9-11-20)21(16(13-26-19)18(23)24)17(22)12-14-4-6-15(25-2)7-5-14/h4-7,16H,3,8-13H2,1-2H3,(H,23,24)/t16-/m0/s1. The van der Waals surface area contributed by atoms with Crippen molar-refractivity contribution in [1.82, 2.24) is 9.80 Å². The van der Waals surface area contributed by atoms with Gasteiger partial charge in [0.15, 0.2) is 6.04 Å². The fourth-order valence-corrected chi connectivity index (χ4v) is 3.85. The molecule has 0 aromatic heterocycles. The summed E-state index contributed by atoms with van der Waals surface area (Å²) in [6.07, 6.45) is 1.42. The number of benzene rings is 1. The van der Waals surface area contributed by atoms with Crippen molar-refractivity contribution < 1.29 is 24.2 Å². The number of ether oxygens (including phenoxy) is 2. The summed E-state index contributed by atoms with van der Waals surface area (Å²) in [6, 6.07) is 6.33. The summed E-state index contributed by atoms with van der Waals surface area (Å²) in [6.45, 7) is 4.69. The van der Waals surface area contributed by atoms with Crippen LogP contribution in [0.2, 0.25) is 0 Å². The van der Waals surface area contributed by atoms with Gasteiger partial charge in [0.1, 0.15) is 11.5 Å². The molecule has 7 nitrogen and oxygen atoms in total. The first-order chi connectivity index (χ1) is 12.5. The average molecular weight is 362 g/mol. The van der Waals surface area contributed by atoms with Crippen LogP contribution in [0, 0.1) is 0 Å². The van der Waals surface area contributed by atoms with E-state index < -0.39 is 17.7 Å². The van der Waals surface area contributed by atoms with Gasteiger partial charge in [0, 0.05) is 25.9 Å². The number of rotatable bonds is 5. The van der Waals surface area contributed by atoms with Crippen LogP contribution in [0.3, 0.4) is 0 Å². The lowest BCUT2D eigenvalue weighted by Crippen LogP contribution is -2.58. The highest BCUT2D eigenvalue weighted by molar-refractivity contribution is 5.86. The molecule has 7 heteroatoms. The second-order valence-electron chi connectivity index (χ2n) is 6.83. The number of nitrogens with zero attached hydrogens (tertiary/aromatic N) is 2. The predicted molar refractivity (Wildman–Crippen MR) is 95.0 cm³/mol. The van der Waals surface area contributed by atoms with Crippen LogP contribution in [-0.4, -0.2) is 71.9 Å². The highest BCUT2D eigenvalue weighted by atomic mass is 16.5. The highest BCUT2D eigenvalue weighted by Crippen LogP contribution is 2.37. The van der Waals surface area contributed by atoms with Crippen LogP contribution in [0.25, 0.3) is 0 Å². The van der Waals surface area contributed by atoms with Crippen LogP contribution in [-0.2, 0) is 20.7 Å². The Labute approximate surface area is 153 Å². The summed E-state index contributed by atoms with van der Waals surface area (Å²) in [4.78, 5) is 28.5. The van der Waals surface area contributed by atoms with Gasteiger partial charge in [-0.15, -0.1) is 0 Å². The number of carbonyl (C=O) groups is 2. The second kappa shape index (κ2) is 7.63. The van der Waals surface area contributed by atoms with E-state index in [0.717, 1.165) is 30.9 Å². The molecule has 1 aromatic rings. The normalized spacial score (nSPS) is 22.5. The Bertz CT molecular complexity index is 652. The largest absolute Gasteiger partial charge is 0.497 e. The third-order valence-corrected chi connectivity index (χ3v) is 5.41. The fraction of sp³-hybridized carbons (Fsp3) is 0.579. The zero-order chi connectivity index (χ0) is 18.7. The molecule has 0 radical (unpaired) electrons. The van der Waals surface area contributed by atoms with Gasteiger partial charge in [-0.1, -0.05) is 19.1 Å². The highest BCUT2D eigenvalue weighted by Gasteiger charge is 2.53. The van der Waals surface area contributed by atoms with Gasteiger partial charge in [-0.05, 0) is 24.2 Å². The van der Waals surface area contributed by atoms with Crippen molar-refractivity contribution in [3.05, 3.63) is 29.8 Å². The lowest BCUT2D eigenvalue weighted by atomic mass is 9.97. The molecule has 2 fully saturated rings. The molecule has 142 valence electrons. The molecule has 2 heterocycles. The quantitative estimate of drug-likeness (QED) is 0.852. The van der Waals surface area contributed by atoms with Crippen molar-refractivity contribution >= 4 is 11.9 Å².